The number of rotatable bonds is 3. The number of amides is 2. The molecule has 5 nitrogen and oxygen atoms in total. The highest BCUT2D eigenvalue weighted by Crippen LogP contribution is 2.37. The van der Waals surface area contributed by atoms with Gasteiger partial charge in [-0.05, 0) is 38.8 Å². The molecule has 0 bridgehead atoms. The van der Waals surface area contributed by atoms with Crippen molar-refractivity contribution in [2.24, 2.45) is 5.92 Å². The highest BCUT2D eigenvalue weighted by Gasteiger charge is 2.32. The first-order valence-corrected chi connectivity index (χ1v) is 7.03. The van der Waals surface area contributed by atoms with Crippen LogP contribution < -0.4 is 15.0 Å². The Kier molecular flexibility index (Phi) is 3.12. The fourth-order valence-electron chi connectivity index (χ4n) is 2.40. The van der Waals surface area contributed by atoms with Gasteiger partial charge in [-0.3, -0.25) is 9.59 Å². The number of anilines is 2. The minimum Gasteiger partial charge on any atom is -0.479 e. The van der Waals surface area contributed by atoms with Crippen molar-refractivity contribution in [3.05, 3.63) is 18.2 Å². The number of carbonyl (C=O) groups excluding carboxylic acids is 2. The smallest absolute Gasteiger partial charge is 0.267 e. The van der Waals surface area contributed by atoms with Gasteiger partial charge in [0.1, 0.15) is 5.75 Å². The molecule has 1 fully saturated rings. The number of benzene rings is 1. The van der Waals surface area contributed by atoms with E-state index in [2.05, 4.69) is 5.32 Å². The molecule has 1 unspecified atom stereocenters. The monoisotopic (exact) mass is 274 g/mol. The summed E-state index contributed by atoms with van der Waals surface area (Å²) in [5, 5.41) is 2.89. The van der Waals surface area contributed by atoms with E-state index >= 15 is 0 Å². The van der Waals surface area contributed by atoms with Crippen molar-refractivity contribution in [1.29, 1.82) is 0 Å². The molecule has 1 saturated carbocycles. The molecule has 1 aromatic rings. The van der Waals surface area contributed by atoms with Gasteiger partial charge in [0.15, 0.2) is 6.10 Å². The molecule has 2 amide bonds. The molecule has 1 aliphatic heterocycles. The van der Waals surface area contributed by atoms with E-state index in [1.165, 1.54) is 0 Å². The fourth-order valence-corrected chi connectivity index (χ4v) is 2.40. The minimum absolute atomic E-state index is 0.0326. The molecule has 20 heavy (non-hydrogen) atoms. The number of nitrogens with zero attached hydrogens (tertiary/aromatic N) is 1. The van der Waals surface area contributed by atoms with Crippen LogP contribution in [0.3, 0.4) is 0 Å². The molecule has 1 heterocycles. The number of carbonyl (C=O) groups is 2. The predicted octanol–water partition coefficient (Wildman–Crippen LogP) is 2.17. The molecule has 0 spiro atoms. The van der Waals surface area contributed by atoms with Crippen LogP contribution in [0.2, 0.25) is 0 Å². The SMILES string of the molecule is CCN1C(=O)C(C)Oc2cc(NC(=O)C3CC3)ccc21. The number of hydrogen-bond donors (Lipinski definition) is 1. The number of hydrogen-bond acceptors (Lipinski definition) is 3. The van der Waals surface area contributed by atoms with Gasteiger partial charge in [-0.25, -0.2) is 0 Å². The van der Waals surface area contributed by atoms with Gasteiger partial charge in [-0.15, -0.1) is 0 Å². The van der Waals surface area contributed by atoms with Gasteiger partial charge >= 0.3 is 0 Å². The first kappa shape index (κ1) is 13.0. The number of nitrogens with one attached hydrogen (secondary N) is 1. The molecule has 0 saturated heterocycles. The Hall–Kier alpha value is -2.04. The molecule has 2 aliphatic rings. The van der Waals surface area contributed by atoms with Gasteiger partial charge in [0.05, 0.1) is 5.69 Å². The van der Waals surface area contributed by atoms with Crippen molar-refractivity contribution in [2.75, 3.05) is 16.8 Å². The van der Waals surface area contributed by atoms with Crippen LogP contribution in [-0.2, 0) is 9.59 Å². The Morgan fingerprint density at radius 2 is 2.20 bits per heavy atom. The number of ether oxygens (including phenoxy) is 1. The van der Waals surface area contributed by atoms with E-state index in [-0.39, 0.29) is 17.7 Å². The van der Waals surface area contributed by atoms with Crippen LogP contribution in [0.15, 0.2) is 18.2 Å². The van der Waals surface area contributed by atoms with E-state index in [0.29, 0.717) is 12.3 Å². The maximum Gasteiger partial charge on any atom is 0.267 e. The number of likely N-dealkylation sites (N-methyl/N-ethyl adjacent to an activating group) is 1. The van der Waals surface area contributed by atoms with Crippen LogP contribution in [0, 0.1) is 5.92 Å². The van der Waals surface area contributed by atoms with E-state index in [1.54, 1.807) is 17.9 Å². The second-order valence-electron chi connectivity index (χ2n) is 5.29. The van der Waals surface area contributed by atoms with E-state index in [0.717, 1.165) is 24.2 Å². The van der Waals surface area contributed by atoms with Crippen molar-refractivity contribution in [2.45, 2.75) is 32.8 Å². The van der Waals surface area contributed by atoms with Crippen LogP contribution in [0.5, 0.6) is 5.75 Å². The second kappa shape index (κ2) is 4.81. The van der Waals surface area contributed by atoms with Gasteiger partial charge in [0.25, 0.3) is 5.91 Å². The molecule has 1 aromatic carbocycles. The zero-order chi connectivity index (χ0) is 14.3. The Bertz CT molecular complexity index is 566. The lowest BCUT2D eigenvalue weighted by Gasteiger charge is -2.32. The Morgan fingerprint density at radius 3 is 2.85 bits per heavy atom. The zero-order valence-electron chi connectivity index (χ0n) is 11.7. The third-order valence-corrected chi connectivity index (χ3v) is 3.70. The maximum atomic E-state index is 12.0. The topological polar surface area (TPSA) is 58.6 Å². The maximum absolute atomic E-state index is 12.0. The van der Waals surface area contributed by atoms with Crippen LogP contribution in [0.4, 0.5) is 11.4 Å². The summed E-state index contributed by atoms with van der Waals surface area (Å²) in [6.07, 6.45) is 1.46. The van der Waals surface area contributed by atoms with Crippen LogP contribution >= 0.6 is 0 Å². The molecular formula is C15H18N2O3. The molecule has 1 aliphatic carbocycles. The summed E-state index contributed by atoms with van der Waals surface area (Å²) >= 11 is 0. The predicted molar refractivity (Wildman–Crippen MR) is 75.9 cm³/mol. The standard InChI is InChI=1S/C15H18N2O3/c1-3-17-12-7-6-11(16-14(18)10-4-5-10)8-13(12)20-9(2)15(17)19/h6-10H,3-5H2,1-2H3,(H,16,18). The lowest BCUT2D eigenvalue weighted by Crippen LogP contribution is -2.44. The largest absolute Gasteiger partial charge is 0.479 e. The first-order valence-electron chi connectivity index (χ1n) is 7.03. The third kappa shape index (κ3) is 2.24. The Labute approximate surface area is 117 Å². The molecule has 3 rings (SSSR count). The van der Waals surface area contributed by atoms with Gasteiger partial charge in [0, 0.05) is 24.2 Å². The highest BCUT2D eigenvalue weighted by molar-refractivity contribution is 6.01. The summed E-state index contributed by atoms with van der Waals surface area (Å²) in [5.41, 5.74) is 1.48. The van der Waals surface area contributed by atoms with Crippen LogP contribution in [0.25, 0.3) is 0 Å². The summed E-state index contributed by atoms with van der Waals surface area (Å²) in [6.45, 7) is 4.28. The van der Waals surface area contributed by atoms with Crippen molar-refractivity contribution >= 4 is 23.2 Å². The molecular weight excluding hydrogens is 256 g/mol. The van der Waals surface area contributed by atoms with Crippen molar-refractivity contribution in [1.82, 2.24) is 0 Å². The Morgan fingerprint density at radius 1 is 1.45 bits per heavy atom. The first-order chi connectivity index (χ1) is 9.60. The van der Waals surface area contributed by atoms with Crippen molar-refractivity contribution in [3.8, 4) is 5.75 Å². The quantitative estimate of drug-likeness (QED) is 0.919. The molecule has 0 aromatic heterocycles. The molecule has 106 valence electrons. The molecule has 1 atom stereocenters. The summed E-state index contributed by atoms with van der Waals surface area (Å²) < 4.78 is 5.63. The fraction of sp³-hybridized carbons (Fsp3) is 0.467. The lowest BCUT2D eigenvalue weighted by atomic mass is 10.1. The molecule has 1 N–H and O–H groups in total. The summed E-state index contributed by atoms with van der Waals surface area (Å²) in [7, 11) is 0. The second-order valence-corrected chi connectivity index (χ2v) is 5.29. The summed E-state index contributed by atoms with van der Waals surface area (Å²) in [4.78, 5) is 25.5. The normalized spacial score (nSPS) is 21.2. The minimum atomic E-state index is -0.489. The van der Waals surface area contributed by atoms with Gasteiger partial charge in [-0.2, -0.15) is 0 Å². The van der Waals surface area contributed by atoms with E-state index in [1.807, 2.05) is 19.1 Å². The van der Waals surface area contributed by atoms with Crippen LogP contribution in [-0.4, -0.2) is 24.5 Å². The van der Waals surface area contributed by atoms with Crippen molar-refractivity contribution < 1.29 is 14.3 Å². The Balaban J connectivity index is 1.86. The van der Waals surface area contributed by atoms with Crippen molar-refractivity contribution in [3.63, 3.8) is 0 Å². The number of fused-ring (bicyclic) bond motifs is 1. The van der Waals surface area contributed by atoms with E-state index < -0.39 is 6.10 Å². The highest BCUT2D eigenvalue weighted by atomic mass is 16.5. The average Bonchev–Trinajstić information content (AvgIpc) is 3.25. The third-order valence-electron chi connectivity index (χ3n) is 3.70. The summed E-state index contributed by atoms with van der Waals surface area (Å²) in [6, 6.07) is 5.43. The molecule has 0 radical (unpaired) electrons. The van der Waals surface area contributed by atoms with Gasteiger partial charge < -0.3 is 15.0 Å². The van der Waals surface area contributed by atoms with Gasteiger partial charge in [-0.1, -0.05) is 0 Å². The lowest BCUT2D eigenvalue weighted by molar-refractivity contribution is -0.125. The zero-order valence-corrected chi connectivity index (χ0v) is 11.7. The summed E-state index contributed by atoms with van der Waals surface area (Å²) in [5.74, 6) is 0.846. The van der Waals surface area contributed by atoms with E-state index in [4.69, 9.17) is 4.74 Å². The van der Waals surface area contributed by atoms with E-state index in [9.17, 15) is 9.59 Å². The molecule has 5 heteroatoms. The average molecular weight is 274 g/mol. The van der Waals surface area contributed by atoms with Crippen LogP contribution in [0.1, 0.15) is 26.7 Å². The van der Waals surface area contributed by atoms with Gasteiger partial charge in [0.2, 0.25) is 5.91 Å².